The Morgan fingerprint density at radius 3 is 1.67 bits per heavy atom. The molecule has 10 aromatic rings. The lowest BCUT2D eigenvalue weighted by atomic mass is 9.98. The second kappa shape index (κ2) is 11.9. The Balaban J connectivity index is 1.11. The molecule has 238 valence electrons. The number of furan rings is 1. The van der Waals surface area contributed by atoms with E-state index in [-0.39, 0.29) is 0 Å². The monoisotopic (exact) mass is 651 g/mol. The van der Waals surface area contributed by atoms with Gasteiger partial charge in [0, 0.05) is 27.6 Å². The van der Waals surface area contributed by atoms with Crippen LogP contribution in [0.2, 0.25) is 0 Å². The lowest BCUT2D eigenvalue weighted by Crippen LogP contribution is -1.96. The highest BCUT2D eigenvalue weighted by molar-refractivity contribution is 6.25. The van der Waals surface area contributed by atoms with E-state index >= 15 is 0 Å². The van der Waals surface area contributed by atoms with Crippen LogP contribution in [-0.4, -0.2) is 15.0 Å². The van der Waals surface area contributed by atoms with Crippen LogP contribution < -0.4 is 0 Å². The number of aromatic nitrogens is 3. The molecule has 0 radical (unpaired) electrons. The Hall–Kier alpha value is -6.91. The second-order valence-electron chi connectivity index (χ2n) is 12.8. The Bertz CT molecular complexity index is 2880. The van der Waals surface area contributed by atoms with Gasteiger partial charge in [-0.3, -0.25) is 0 Å². The SMILES string of the molecule is c1ccc(-c2ccc(-c3nc(-c4ccccc4)cc(-c4ccc(-c5nc6ccc7ccccc7c6c6oc7ccccc7c56)cc4)n3)cc2)cc1. The van der Waals surface area contributed by atoms with Gasteiger partial charge in [-0.25, -0.2) is 15.0 Å². The van der Waals surface area contributed by atoms with Crippen molar-refractivity contribution < 1.29 is 4.42 Å². The van der Waals surface area contributed by atoms with E-state index in [1.165, 1.54) is 5.56 Å². The van der Waals surface area contributed by atoms with Gasteiger partial charge in [-0.05, 0) is 40.1 Å². The number of rotatable bonds is 5. The average molecular weight is 652 g/mol. The molecule has 0 saturated heterocycles. The number of fused-ring (bicyclic) bond motifs is 7. The molecule has 0 amide bonds. The quantitative estimate of drug-likeness (QED) is 0.174. The smallest absolute Gasteiger partial charge is 0.160 e. The molecule has 0 fully saturated rings. The zero-order chi connectivity index (χ0) is 33.7. The van der Waals surface area contributed by atoms with Gasteiger partial charge in [-0.1, -0.05) is 158 Å². The van der Waals surface area contributed by atoms with E-state index in [1.807, 2.05) is 36.4 Å². The van der Waals surface area contributed by atoms with E-state index in [9.17, 15) is 0 Å². The van der Waals surface area contributed by atoms with Crippen molar-refractivity contribution in [2.24, 2.45) is 0 Å². The molecule has 0 N–H and O–H groups in total. The first kappa shape index (κ1) is 29.0. The van der Waals surface area contributed by atoms with E-state index in [0.29, 0.717) is 5.82 Å². The van der Waals surface area contributed by atoms with Gasteiger partial charge in [0.1, 0.15) is 11.2 Å². The summed E-state index contributed by atoms with van der Waals surface area (Å²) >= 11 is 0. The van der Waals surface area contributed by atoms with Crippen molar-refractivity contribution >= 4 is 43.6 Å². The van der Waals surface area contributed by atoms with E-state index in [2.05, 4.69) is 140 Å². The van der Waals surface area contributed by atoms with Crippen molar-refractivity contribution in [3.05, 3.63) is 176 Å². The number of pyridine rings is 1. The third-order valence-electron chi connectivity index (χ3n) is 9.70. The number of nitrogens with zero attached hydrogens (tertiary/aromatic N) is 3. The highest BCUT2D eigenvalue weighted by atomic mass is 16.3. The van der Waals surface area contributed by atoms with Crippen LogP contribution >= 0.6 is 0 Å². The van der Waals surface area contributed by atoms with Crippen molar-refractivity contribution in [1.82, 2.24) is 15.0 Å². The Morgan fingerprint density at radius 1 is 0.373 bits per heavy atom. The Kier molecular flexibility index (Phi) is 6.78. The molecule has 4 nitrogen and oxygen atoms in total. The molecule has 10 rings (SSSR count). The number of hydrogen-bond donors (Lipinski definition) is 0. The maximum Gasteiger partial charge on any atom is 0.160 e. The number of benzene rings is 7. The molecule has 0 aliphatic carbocycles. The van der Waals surface area contributed by atoms with Gasteiger partial charge in [-0.15, -0.1) is 0 Å². The van der Waals surface area contributed by atoms with Crippen molar-refractivity contribution in [2.75, 3.05) is 0 Å². The van der Waals surface area contributed by atoms with Gasteiger partial charge in [-0.2, -0.15) is 0 Å². The molecule has 0 aliphatic heterocycles. The highest BCUT2D eigenvalue weighted by Crippen LogP contribution is 2.42. The van der Waals surface area contributed by atoms with E-state index < -0.39 is 0 Å². The Morgan fingerprint density at radius 2 is 0.922 bits per heavy atom. The molecule has 51 heavy (non-hydrogen) atoms. The lowest BCUT2D eigenvalue weighted by molar-refractivity contribution is 0.673. The van der Waals surface area contributed by atoms with E-state index in [1.54, 1.807) is 0 Å². The number of para-hydroxylation sites is 1. The summed E-state index contributed by atoms with van der Waals surface area (Å²) in [6.45, 7) is 0. The van der Waals surface area contributed by atoms with E-state index in [0.717, 1.165) is 88.5 Å². The minimum absolute atomic E-state index is 0.685. The number of hydrogen-bond acceptors (Lipinski definition) is 4. The summed E-state index contributed by atoms with van der Waals surface area (Å²) in [6.07, 6.45) is 0. The zero-order valence-corrected chi connectivity index (χ0v) is 27.5. The van der Waals surface area contributed by atoms with Crippen molar-refractivity contribution in [2.45, 2.75) is 0 Å². The zero-order valence-electron chi connectivity index (χ0n) is 27.5. The molecule has 7 aromatic carbocycles. The Labute approximate surface area is 294 Å². The summed E-state index contributed by atoms with van der Waals surface area (Å²) in [5.74, 6) is 0.685. The molecular weight excluding hydrogens is 623 g/mol. The predicted molar refractivity (Wildman–Crippen MR) is 209 cm³/mol. The first-order valence-corrected chi connectivity index (χ1v) is 17.1. The van der Waals surface area contributed by atoms with Gasteiger partial charge in [0.15, 0.2) is 5.82 Å². The average Bonchev–Trinajstić information content (AvgIpc) is 3.61. The summed E-state index contributed by atoms with van der Waals surface area (Å²) in [7, 11) is 0. The van der Waals surface area contributed by atoms with Crippen LogP contribution in [0.3, 0.4) is 0 Å². The second-order valence-corrected chi connectivity index (χ2v) is 12.8. The van der Waals surface area contributed by atoms with Crippen molar-refractivity contribution in [3.63, 3.8) is 0 Å². The molecule has 0 atom stereocenters. The minimum atomic E-state index is 0.685. The predicted octanol–water partition coefficient (Wildman–Crippen LogP) is 12.4. The first-order chi connectivity index (χ1) is 25.3. The summed E-state index contributed by atoms with van der Waals surface area (Å²) in [6, 6.07) is 60.7. The molecule has 0 spiro atoms. The molecule has 4 heteroatoms. The highest BCUT2D eigenvalue weighted by Gasteiger charge is 2.19. The normalized spacial score (nSPS) is 11.5. The van der Waals surface area contributed by atoms with Gasteiger partial charge in [0.05, 0.1) is 33.4 Å². The fraction of sp³-hybridized carbons (Fsp3) is 0. The van der Waals surface area contributed by atoms with Crippen LogP contribution in [0, 0.1) is 0 Å². The third-order valence-corrected chi connectivity index (χ3v) is 9.70. The van der Waals surface area contributed by atoms with Crippen LogP contribution in [0.15, 0.2) is 180 Å². The minimum Gasteiger partial charge on any atom is -0.455 e. The topological polar surface area (TPSA) is 51.8 Å². The summed E-state index contributed by atoms with van der Waals surface area (Å²) in [5, 5.41) is 5.42. The van der Waals surface area contributed by atoms with E-state index in [4.69, 9.17) is 19.4 Å². The summed E-state index contributed by atoms with van der Waals surface area (Å²) in [4.78, 5) is 15.5. The molecule has 3 heterocycles. The fourth-order valence-corrected chi connectivity index (χ4v) is 7.16. The van der Waals surface area contributed by atoms with Gasteiger partial charge in [0.2, 0.25) is 0 Å². The lowest BCUT2D eigenvalue weighted by Gasteiger charge is -2.11. The van der Waals surface area contributed by atoms with Gasteiger partial charge < -0.3 is 4.42 Å². The fourth-order valence-electron chi connectivity index (χ4n) is 7.16. The maximum absolute atomic E-state index is 6.61. The van der Waals surface area contributed by atoms with Crippen LogP contribution in [0.25, 0.3) is 99.9 Å². The molecule has 0 aliphatic rings. The van der Waals surface area contributed by atoms with Crippen LogP contribution in [0.1, 0.15) is 0 Å². The molecule has 0 bridgehead atoms. The van der Waals surface area contributed by atoms with Crippen LogP contribution in [-0.2, 0) is 0 Å². The maximum atomic E-state index is 6.61. The summed E-state index contributed by atoms with van der Waals surface area (Å²) < 4.78 is 6.61. The standard InChI is InChI=1S/C47H29N3O/c1-3-11-30(12-4-1)31-19-25-36(26-20-31)47-49-40(33-14-5-2-6-15-33)29-41(50-47)34-21-23-35(24-22-34)45-44-38-17-9-10-18-42(38)51-46(44)43-37-16-8-7-13-32(37)27-28-39(43)48-45/h1-29H. The van der Waals surface area contributed by atoms with Crippen molar-refractivity contribution in [1.29, 1.82) is 0 Å². The third kappa shape index (κ3) is 5.04. The van der Waals surface area contributed by atoms with Gasteiger partial charge in [0.25, 0.3) is 0 Å². The largest absolute Gasteiger partial charge is 0.455 e. The van der Waals surface area contributed by atoms with Crippen molar-refractivity contribution in [3.8, 4) is 56.3 Å². The van der Waals surface area contributed by atoms with Crippen LogP contribution in [0.5, 0.6) is 0 Å². The molecule has 3 aromatic heterocycles. The van der Waals surface area contributed by atoms with Crippen LogP contribution in [0.4, 0.5) is 0 Å². The molecule has 0 saturated carbocycles. The first-order valence-electron chi connectivity index (χ1n) is 17.1. The molecular formula is C47H29N3O. The summed E-state index contributed by atoms with van der Waals surface area (Å²) in [5.41, 5.74) is 11.6. The van der Waals surface area contributed by atoms with Gasteiger partial charge >= 0.3 is 0 Å². The molecule has 0 unspecified atom stereocenters.